The second kappa shape index (κ2) is 6.24. The van der Waals surface area contributed by atoms with Gasteiger partial charge in [-0.2, -0.15) is 5.10 Å². The van der Waals surface area contributed by atoms with Crippen molar-refractivity contribution >= 4 is 24.2 Å². The van der Waals surface area contributed by atoms with Crippen molar-refractivity contribution < 1.29 is 14.1 Å². The molecule has 0 saturated carbocycles. The maximum absolute atomic E-state index is 12.2. The summed E-state index contributed by atoms with van der Waals surface area (Å²) >= 11 is 0. The number of amides is 1. The third kappa shape index (κ3) is 3.43. The van der Waals surface area contributed by atoms with E-state index in [1.807, 2.05) is 52.8 Å². The van der Waals surface area contributed by atoms with Crippen molar-refractivity contribution in [1.29, 1.82) is 0 Å². The predicted octanol–water partition coefficient (Wildman–Crippen LogP) is 2.34. The molecule has 0 spiro atoms. The van der Waals surface area contributed by atoms with Crippen molar-refractivity contribution in [3.8, 4) is 0 Å². The second-order valence-corrected chi connectivity index (χ2v) is 7.22. The molecule has 1 saturated heterocycles. The van der Waals surface area contributed by atoms with Crippen LogP contribution in [0, 0.1) is 6.92 Å². The fourth-order valence-corrected chi connectivity index (χ4v) is 2.61. The highest BCUT2D eigenvalue weighted by Gasteiger charge is 2.52. The Hall–Kier alpha value is -2.25. The van der Waals surface area contributed by atoms with E-state index in [4.69, 9.17) is 9.31 Å². The number of nitrogens with one attached hydrogen (secondary N) is 1. The van der Waals surface area contributed by atoms with Gasteiger partial charge in [0, 0.05) is 11.9 Å². The Morgan fingerprint density at radius 3 is 2.36 bits per heavy atom. The lowest BCUT2D eigenvalue weighted by atomic mass is 9.76. The summed E-state index contributed by atoms with van der Waals surface area (Å²) in [6.45, 7) is 10.1. The summed E-state index contributed by atoms with van der Waals surface area (Å²) in [5.41, 5.74) is 2.13. The molecule has 0 unspecified atom stereocenters. The van der Waals surface area contributed by atoms with Gasteiger partial charge < -0.3 is 14.6 Å². The van der Waals surface area contributed by atoms with Crippen LogP contribution in [0.1, 0.15) is 43.7 Å². The number of anilines is 1. The molecule has 2 aromatic rings. The van der Waals surface area contributed by atoms with Crippen LogP contribution in [-0.4, -0.2) is 34.4 Å². The first kappa shape index (κ1) is 17.6. The minimum absolute atomic E-state index is 0.273. The zero-order chi connectivity index (χ0) is 18.2. The maximum Gasteiger partial charge on any atom is 0.495 e. The first-order chi connectivity index (χ1) is 11.7. The van der Waals surface area contributed by atoms with Gasteiger partial charge >= 0.3 is 7.12 Å². The predicted molar refractivity (Wildman–Crippen MR) is 96.9 cm³/mol. The van der Waals surface area contributed by atoms with Crippen molar-refractivity contribution in [2.45, 2.75) is 45.8 Å². The van der Waals surface area contributed by atoms with Gasteiger partial charge in [-0.05, 0) is 69.9 Å². The third-order valence-corrected chi connectivity index (χ3v) is 4.84. The topological polar surface area (TPSA) is 73.3 Å². The van der Waals surface area contributed by atoms with Gasteiger partial charge in [0.05, 0.1) is 11.2 Å². The van der Waals surface area contributed by atoms with E-state index in [2.05, 4.69) is 15.5 Å². The van der Waals surface area contributed by atoms with Crippen molar-refractivity contribution in [2.75, 3.05) is 5.32 Å². The molecule has 6 nitrogen and oxygen atoms in total. The zero-order valence-corrected chi connectivity index (χ0v) is 15.2. The Morgan fingerprint density at radius 1 is 1.12 bits per heavy atom. The molecular formula is C18H22BN3O3. The van der Waals surface area contributed by atoms with Crippen LogP contribution in [-0.2, 0) is 9.31 Å². The Labute approximate surface area is 148 Å². The number of hydrogen-bond donors (Lipinski definition) is 1. The molecule has 1 fully saturated rings. The van der Waals surface area contributed by atoms with E-state index in [0.29, 0.717) is 5.69 Å². The van der Waals surface area contributed by atoms with Gasteiger partial charge in [-0.1, -0.05) is 6.07 Å². The number of aromatic nitrogens is 2. The highest BCUT2D eigenvalue weighted by atomic mass is 16.7. The molecule has 0 aliphatic carbocycles. The van der Waals surface area contributed by atoms with E-state index in [1.165, 1.54) is 6.20 Å². The van der Waals surface area contributed by atoms with Crippen molar-refractivity contribution in [1.82, 2.24) is 10.2 Å². The second-order valence-electron chi connectivity index (χ2n) is 7.22. The van der Waals surface area contributed by atoms with Crippen LogP contribution in [0.2, 0.25) is 0 Å². The summed E-state index contributed by atoms with van der Waals surface area (Å²) < 4.78 is 12.2. The Balaban J connectivity index is 1.77. The van der Waals surface area contributed by atoms with Gasteiger partial charge in [0.15, 0.2) is 5.69 Å². The molecule has 2 heterocycles. The van der Waals surface area contributed by atoms with Crippen LogP contribution in [0.25, 0.3) is 0 Å². The van der Waals surface area contributed by atoms with Crippen LogP contribution in [0.5, 0.6) is 0 Å². The molecule has 3 rings (SSSR count). The molecule has 0 bridgehead atoms. The summed E-state index contributed by atoms with van der Waals surface area (Å²) in [6.07, 6.45) is 1.53. The van der Waals surface area contributed by atoms with E-state index < -0.39 is 7.12 Å². The van der Waals surface area contributed by atoms with Gasteiger partial charge in [0.2, 0.25) is 0 Å². The van der Waals surface area contributed by atoms with Gasteiger partial charge in [-0.25, -0.2) is 0 Å². The Morgan fingerprint density at radius 2 is 1.80 bits per heavy atom. The van der Waals surface area contributed by atoms with E-state index in [-0.39, 0.29) is 22.8 Å². The number of aryl methyl sites for hydroxylation is 1. The minimum atomic E-state index is -0.422. The molecular weight excluding hydrogens is 317 g/mol. The summed E-state index contributed by atoms with van der Waals surface area (Å²) in [7, 11) is -0.422. The first-order valence-electron chi connectivity index (χ1n) is 8.25. The van der Waals surface area contributed by atoms with E-state index in [1.54, 1.807) is 12.1 Å². The Bertz CT molecular complexity index is 777. The summed E-state index contributed by atoms with van der Waals surface area (Å²) in [4.78, 5) is 12.2. The molecule has 0 radical (unpaired) electrons. The first-order valence-corrected chi connectivity index (χ1v) is 8.25. The molecule has 25 heavy (non-hydrogen) atoms. The third-order valence-electron chi connectivity index (χ3n) is 4.84. The minimum Gasteiger partial charge on any atom is -0.399 e. The molecule has 130 valence electrons. The van der Waals surface area contributed by atoms with Crippen LogP contribution >= 0.6 is 0 Å². The van der Waals surface area contributed by atoms with Gasteiger partial charge in [-0.15, -0.1) is 5.10 Å². The zero-order valence-electron chi connectivity index (χ0n) is 15.2. The van der Waals surface area contributed by atoms with Crippen molar-refractivity contribution in [3.63, 3.8) is 0 Å². The molecule has 7 heteroatoms. The summed E-state index contributed by atoms with van der Waals surface area (Å²) in [5.74, 6) is -0.295. The Kier molecular flexibility index (Phi) is 4.39. The largest absolute Gasteiger partial charge is 0.495 e. The van der Waals surface area contributed by atoms with Gasteiger partial charge in [-0.3, -0.25) is 4.79 Å². The number of rotatable bonds is 3. The van der Waals surface area contributed by atoms with Crippen molar-refractivity contribution in [2.24, 2.45) is 0 Å². The molecule has 1 aliphatic rings. The maximum atomic E-state index is 12.2. The number of benzene rings is 1. The number of carbonyl (C=O) groups excluding carboxylic acids is 1. The van der Waals surface area contributed by atoms with Crippen molar-refractivity contribution in [3.05, 3.63) is 47.8 Å². The van der Waals surface area contributed by atoms with Gasteiger partial charge in [0.1, 0.15) is 0 Å². The van der Waals surface area contributed by atoms with Crippen LogP contribution in [0.15, 0.2) is 36.5 Å². The normalized spacial score (nSPS) is 18.2. The molecule has 1 aromatic carbocycles. The molecule has 1 aliphatic heterocycles. The highest BCUT2D eigenvalue weighted by Crippen LogP contribution is 2.36. The number of hydrogen-bond acceptors (Lipinski definition) is 5. The quantitative estimate of drug-likeness (QED) is 0.869. The number of carbonyl (C=O) groups is 1. The van der Waals surface area contributed by atoms with Crippen LogP contribution in [0.3, 0.4) is 0 Å². The SMILES string of the molecule is Cc1cc(NC(=O)c2cccnn2)ccc1B1OC(C)(C)C(C)(C)O1. The van der Waals surface area contributed by atoms with Crippen LogP contribution in [0.4, 0.5) is 5.69 Å². The summed E-state index contributed by atoms with van der Waals surface area (Å²) in [5, 5.41) is 10.3. The fourth-order valence-electron chi connectivity index (χ4n) is 2.61. The van der Waals surface area contributed by atoms with E-state index in [0.717, 1.165) is 11.0 Å². The lowest BCUT2D eigenvalue weighted by molar-refractivity contribution is 0.00578. The lowest BCUT2D eigenvalue weighted by Gasteiger charge is -2.32. The monoisotopic (exact) mass is 339 g/mol. The fraction of sp³-hybridized carbons (Fsp3) is 0.389. The van der Waals surface area contributed by atoms with E-state index in [9.17, 15) is 4.79 Å². The highest BCUT2D eigenvalue weighted by molar-refractivity contribution is 6.62. The lowest BCUT2D eigenvalue weighted by Crippen LogP contribution is -2.41. The molecule has 1 aromatic heterocycles. The molecule has 1 amide bonds. The average molecular weight is 339 g/mol. The standard InChI is InChI=1S/C18H22BN3O3/c1-12-11-13(21-16(23)15-7-6-10-20-22-15)8-9-14(12)19-24-17(2,3)18(4,5)25-19/h6-11H,1-5H3,(H,21,23). The summed E-state index contributed by atoms with van der Waals surface area (Å²) in [6, 6.07) is 8.95. The molecule has 1 N–H and O–H groups in total. The number of nitrogens with zero attached hydrogens (tertiary/aromatic N) is 2. The average Bonchev–Trinajstić information content (AvgIpc) is 2.76. The van der Waals surface area contributed by atoms with E-state index >= 15 is 0 Å². The molecule has 0 atom stereocenters. The van der Waals surface area contributed by atoms with Gasteiger partial charge in [0.25, 0.3) is 5.91 Å². The smallest absolute Gasteiger partial charge is 0.399 e. The van der Waals surface area contributed by atoms with Crippen LogP contribution < -0.4 is 10.8 Å².